The van der Waals surface area contributed by atoms with Crippen LogP contribution in [0.15, 0.2) is 83.4 Å². The monoisotopic (exact) mass is 356 g/mol. The predicted molar refractivity (Wildman–Crippen MR) is 105 cm³/mol. The quantitative estimate of drug-likeness (QED) is 0.450. The van der Waals surface area contributed by atoms with E-state index in [1.54, 1.807) is 0 Å². The standard InChI is InChI=1S/C23H20N2O2/c1-16-8-6-7-11-21(16)23-24-22(25-27-23)19-12-14-20(15-13-19)26-17(2)18-9-4-3-5-10-18/h3-15,17H,1-2H3/t17-/m0/s1. The molecule has 0 aliphatic heterocycles. The highest BCUT2D eigenvalue weighted by atomic mass is 16.5. The van der Waals surface area contributed by atoms with E-state index in [4.69, 9.17) is 9.26 Å². The fraction of sp³-hybridized carbons (Fsp3) is 0.130. The van der Waals surface area contributed by atoms with Gasteiger partial charge in [-0.25, -0.2) is 0 Å². The van der Waals surface area contributed by atoms with Crippen LogP contribution in [0, 0.1) is 6.92 Å². The zero-order chi connectivity index (χ0) is 18.6. The Morgan fingerprint density at radius 3 is 2.30 bits per heavy atom. The minimum absolute atomic E-state index is 0.0186. The summed E-state index contributed by atoms with van der Waals surface area (Å²) in [5.41, 5.74) is 4.08. The third kappa shape index (κ3) is 3.75. The Balaban J connectivity index is 1.51. The molecule has 0 unspecified atom stereocenters. The highest BCUT2D eigenvalue weighted by Crippen LogP contribution is 2.27. The van der Waals surface area contributed by atoms with Crippen LogP contribution in [0.2, 0.25) is 0 Å². The highest BCUT2D eigenvalue weighted by molar-refractivity contribution is 5.62. The van der Waals surface area contributed by atoms with Gasteiger partial charge >= 0.3 is 0 Å². The number of hydrogen-bond acceptors (Lipinski definition) is 4. The van der Waals surface area contributed by atoms with Gasteiger partial charge in [0.05, 0.1) is 0 Å². The minimum atomic E-state index is -0.0186. The van der Waals surface area contributed by atoms with Crippen molar-refractivity contribution in [2.24, 2.45) is 0 Å². The van der Waals surface area contributed by atoms with Crippen LogP contribution >= 0.6 is 0 Å². The van der Waals surface area contributed by atoms with Crippen LogP contribution in [0.25, 0.3) is 22.8 Å². The molecule has 0 bridgehead atoms. The number of hydrogen-bond donors (Lipinski definition) is 0. The van der Waals surface area contributed by atoms with E-state index in [1.165, 1.54) is 0 Å². The summed E-state index contributed by atoms with van der Waals surface area (Å²) in [5, 5.41) is 4.12. The second kappa shape index (κ2) is 7.46. The van der Waals surface area contributed by atoms with E-state index in [0.29, 0.717) is 11.7 Å². The van der Waals surface area contributed by atoms with E-state index in [9.17, 15) is 0 Å². The van der Waals surface area contributed by atoms with E-state index in [0.717, 1.165) is 28.0 Å². The van der Waals surface area contributed by atoms with Crippen LogP contribution in [0.3, 0.4) is 0 Å². The number of aryl methyl sites for hydroxylation is 1. The van der Waals surface area contributed by atoms with Crippen LogP contribution < -0.4 is 4.74 Å². The molecular weight excluding hydrogens is 336 g/mol. The van der Waals surface area contributed by atoms with Crippen molar-refractivity contribution in [2.75, 3.05) is 0 Å². The van der Waals surface area contributed by atoms with Crippen LogP contribution in [0.1, 0.15) is 24.2 Å². The van der Waals surface area contributed by atoms with Gasteiger partial charge in [0, 0.05) is 11.1 Å². The van der Waals surface area contributed by atoms with Gasteiger partial charge in [0.25, 0.3) is 5.89 Å². The summed E-state index contributed by atoms with van der Waals surface area (Å²) in [5.74, 6) is 1.90. The average molecular weight is 356 g/mol. The first kappa shape index (κ1) is 17.0. The van der Waals surface area contributed by atoms with Crippen LogP contribution in [0.5, 0.6) is 5.75 Å². The Hall–Kier alpha value is -3.40. The summed E-state index contributed by atoms with van der Waals surface area (Å²) in [6.45, 7) is 4.07. The first-order valence-corrected chi connectivity index (χ1v) is 8.92. The lowest BCUT2D eigenvalue weighted by molar-refractivity contribution is 0.227. The number of rotatable bonds is 5. The van der Waals surface area contributed by atoms with Gasteiger partial charge in [-0.15, -0.1) is 0 Å². The second-order valence-electron chi connectivity index (χ2n) is 6.43. The lowest BCUT2D eigenvalue weighted by Gasteiger charge is -2.15. The van der Waals surface area contributed by atoms with Gasteiger partial charge in [0.1, 0.15) is 11.9 Å². The van der Waals surface area contributed by atoms with Gasteiger partial charge < -0.3 is 9.26 Å². The van der Waals surface area contributed by atoms with Crippen molar-refractivity contribution in [1.29, 1.82) is 0 Å². The molecule has 0 spiro atoms. The molecule has 1 aromatic heterocycles. The molecule has 0 saturated heterocycles. The summed E-state index contributed by atoms with van der Waals surface area (Å²) < 4.78 is 11.5. The zero-order valence-electron chi connectivity index (χ0n) is 15.3. The van der Waals surface area contributed by atoms with Crippen molar-refractivity contribution in [3.8, 4) is 28.6 Å². The summed E-state index contributed by atoms with van der Waals surface area (Å²) >= 11 is 0. The lowest BCUT2D eigenvalue weighted by Crippen LogP contribution is -2.02. The molecule has 0 N–H and O–H groups in total. The van der Waals surface area contributed by atoms with Crippen molar-refractivity contribution in [3.63, 3.8) is 0 Å². The second-order valence-corrected chi connectivity index (χ2v) is 6.43. The SMILES string of the molecule is Cc1ccccc1-c1nc(-c2ccc(O[C@@H](C)c3ccccc3)cc2)no1. The van der Waals surface area contributed by atoms with Crippen molar-refractivity contribution >= 4 is 0 Å². The van der Waals surface area contributed by atoms with Crippen molar-refractivity contribution < 1.29 is 9.26 Å². The molecule has 27 heavy (non-hydrogen) atoms. The molecule has 0 amide bonds. The maximum Gasteiger partial charge on any atom is 0.258 e. The molecular formula is C23H20N2O2. The number of aromatic nitrogens is 2. The molecule has 1 atom stereocenters. The Labute approximate surface area is 158 Å². The third-order valence-corrected chi connectivity index (χ3v) is 4.50. The largest absolute Gasteiger partial charge is 0.486 e. The van der Waals surface area contributed by atoms with Crippen molar-refractivity contribution in [2.45, 2.75) is 20.0 Å². The normalized spacial score (nSPS) is 11.9. The van der Waals surface area contributed by atoms with E-state index in [-0.39, 0.29) is 6.10 Å². The molecule has 0 saturated carbocycles. The summed E-state index contributed by atoms with van der Waals surface area (Å²) in [6.07, 6.45) is -0.0186. The zero-order valence-corrected chi connectivity index (χ0v) is 15.3. The molecule has 0 aliphatic carbocycles. The maximum atomic E-state index is 6.02. The predicted octanol–water partition coefficient (Wildman–Crippen LogP) is 5.85. The Morgan fingerprint density at radius 1 is 0.852 bits per heavy atom. The molecule has 4 aromatic rings. The van der Waals surface area contributed by atoms with Gasteiger partial charge in [-0.1, -0.05) is 53.7 Å². The van der Waals surface area contributed by atoms with Gasteiger partial charge in [-0.2, -0.15) is 4.98 Å². The van der Waals surface area contributed by atoms with E-state index in [2.05, 4.69) is 22.3 Å². The van der Waals surface area contributed by atoms with Gasteiger partial charge in [-0.05, 0) is 55.3 Å². The molecule has 134 valence electrons. The summed E-state index contributed by atoms with van der Waals surface area (Å²) in [6, 6.07) is 25.9. The van der Waals surface area contributed by atoms with Crippen LogP contribution in [-0.2, 0) is 0 Å². The number of nitrogens with zero attached hydrogens (tertiary/aromatic N) is 2. The minimum Gasteiger partial charge on any atom is -0.486 e. The fourth-order valence-electron chi connectivity index (χ4n) is 2.94. The van der Waals surface area contributed by atoms with Gasteiger partial charge in [0.15, 0.2) is 0 Å². The summed E-state index contributed by atoms with van der Waals surface area (Å²) in [7, 11) is 0. The fourth-order valence-corrected chi connectivity index (χ4v) is 2.94. The van der Waals surface area contributed by atoms with Gasteiger partial charge in [-0.3, -0.25) is 0 Å². The molecule has 0 radical (unpaired) electrons. The molecule has 4 heteroatoms. The van der Waals surface area contributed by atoms with Crippen molar-refractivity contribution in [1.82, 2.24) is 10.1 Å². The number of ether oxygens (including phenoxy) is 1. The van der Waals surface area contributed by atoms with Gasteiger partial charge in [0.2, 0.25) is 5.82 Å². The van der Waals surface area contributed by atoms with E-state index < -0.39 is 0 Å². The maximum absolute atomic E-state index is 6.02. The Bertz CT molecular complexity index is 1020. The van der Waals surface area contributed by atoms with E-state index in [1.807, 2.05) is 80.6 Å². The lowest BCUT2D eigenvalue weighted by atomic mass is 10.1. The van der Waals surface area contributed by atoms with Crippen LogP contribution in [-0.4, -0.2) is 10.1 Å². The third-order valence-electron chi connectivity index (χ3n) is 4.50. The average Bonchev–Trinajstić information content (AvgIpc) is 3.19. The summed E-state index contributed by atoms with van der Waals surface area (Å²) in [4.78, 5) is 4.53. The molecule has 0 fully saturated rings. The molecule has 4 rings (SSSR count). The Morgan fingerprint density at radius 2 is 1.56 bits per heavy atom. The Kier molecular flexibility index (Phi) is 4.71. The molecule has 1 heterocycles. The first-order chi connectivity index (χ1) is 13.2. The topological polar surface area (TPSA) is 48.2 Å². The molecule has 3 aromatic carbocycles. The molecule has 4 nitrogen and oxygen atoms in total. The number of benzene rings is 3. The van der Waals surface area contributed by atoms with E-state index >= 15 is 0 Å². The van der Waals surface area contributed by atoms with Crippen molar-refractivity contribution in [3.05, 3.63) is 90.0 Å². The first-order valence-electron chi connectivity index (χ1n) is 8.92. The highest BCUT2D eigenvalue weighted by Gasteiger charge is 2.13. The smallest absolute Gasteiger partial charge is 0.258 e. The molecule has 0 aliphatic rings. The van der Waals surface area contributed by atoms with Crippen LogP contribution in [0.4, 0.5) is 0 Å².